The van der Waals surface area contributed by atoms with Crippen molar-refractivity contribution in [3.8, 4) is 11.4 Å². The number of hydrogen-bond donors (Lipinski definition) is 3. The fourth-order valence-corrected chi connectivity index (χ4v) is 3.93. The van der Waals surface area contributed by atoms with Crippen LogP contribution < -0.4 is 16.0 Å². The van der Waals surface area contributed by atoms with E-state index in [9.17, 15) is 0 Å². The number of anilines is 2. The van der Waals surface area contributed by atoms with Crippen molar-refractivity contribution >= 4 is 33.2 Å². The first-order valence-electron chi connectivity index (χ1n) is 8.80. The molecule has 25 heavy (non-hydrogen) atoms. The SMILES string of the molecule is c1cc(-c2nc(NC3CCNC3)c3sccc3n2)cc(NC2CC2)n1. The standard InChI is InChI=1S/C18H20N6S/c1-2-12(1)21-15-9-11(3-7-20-15)17-23-14-5-8-25-16(14)18(24-17)22-13-4-6-19-10-13/h3,5,7-9,12-13,19H,1-2,4,6,10H2,(H,20,21)(H,22,23,24). The Labute approximate surface area is 150 Å². The molecule has 0 aromatic carbocycles. The molecule has 5 rings (SSSR count). The summed E-state index contributed by atoms with van der Waals surface area (Å²) in [7, 11) is 0. The van der Waals surface area contributed by atoms with E-state index < -0.39 is 0 Å². The van der Waals surface area contributed by atoms with E-state index in [0.717, 1.165) is 52.8 Å². The lowest BCUT2D eigenvalue weighted by atomic mass is 10.2. The van der Waals surface area contributed by atoms with Crippen LogP contribution in [0.4, 0.5) is 11.6 Å². The summed E-state index contributed by atoms with van der Waals surface area (Å²) in [5, 5.41) is 12.5. The Morgan fingerprint density at radius 1 is 1.08 bits per heavy atom. The number of nitrogens with zero attached hydrogens (tertiary/aromatic N) is 3. The van der Waals surface area contributed by atoms with E-state index in [1.807, 2.05) is 18.3 Å². The van der Waals surface area contributed by atoms with Crippen LogP contribution in [0.5, 0.6) is 0 Å². The van der Waals surface area contributed by atoms with Crippen LogP contribution in [0.25, 0.3) is 21.6 Å². The van der Waals surface area contributed by atoms with Crippen molar-refractivity contribution in [1.29, 1.82) is 0 Å². The van der Waals surface area contributed by atoms with Gasteiger partial charge in [-0.05, 0) is 49.4 Å². The van der Waals surface area contributed by atoms with E-state index in [4.69, 9.17) is 9.97 Å². The molecule has 1 aliphatic heterocycles. The molecule has 3 aromatic rings. The van der Waals surface area contributed by atoms with Crippen molar-refractivity contribution in [2.24, 2.45) is 0 Å². The Kier molecular flexibility index (Phi) is 3.75. The number of hydrogen-bond acceptors (Lipinski definition) is 7. The molecule has 7 heteroatoms. The quantitative estimate of drug-likeness (QED) is 0.655. The molecule has 1 atom stereocenters. The predicted molar refractivity (Wildman–Crippen MR) is 102 cm³/mol. The Balaban J connectivity index is 1.51. The van der Waals surface area contributed by atoms with E-state index in [0.29, 0.717) is 12.1 Å². The highest BCUT2D eigenvalue weighted by molar-refractivity contribution is 7.17. The second-order valence-electron chi connectivity index (χ2n) is 6.71. The van der Waals surface area contributed by atoms with Gasteiger partial charge in [-0.25, -0.2) is 15.0 Å². The minimum absolute atomic E-state index is 0.428. The van der Waals surface area contributed by atoms with Crippen LogP contribution in [-0.4, -0.2) is 40.1 Å². The van der Waals surface area contributed by atoms with Gasteiger partial charge in [-0.15, -0.1) is 11.3 Å². The van der Waals surface area contributed by atoms with Crippen molar-refractivity contribution in [3.63, 3.8) is 0 Å². The number of rotatable bonds is 5. The Hall–Kier alpha value is -2.25. The zero-order chi connectivity index (χ0) is 16.6. The first-order chi connectivity index (χ1) is 12.3. The molecule has 1 saturated carbocycles. The smallest absolute Gasteiger partial charge is 0.162 e. The maximum Gasteiger partial charge on any atom is 0.162 e. The van der Waals surface area contributed by atoms with Gasteiger partial charge in [-0.3, -0.25) is 0 Å². The summed E-state index contributed by atoms with van der Waals surface area (Å²) in [5.41, 5.74) is 2.00. The summed E-state index contributed by atoms with van der Waals surface area (Å²) >= 11 is 1.69. The lowest BCUT2D eigenvalue weighted by Crippen LogP contribution is -2.22. The number of fused-ring (bicyclic) bond motifs is 1. The summed E-state index contributed by atoms with van der Waals surface area (Å²) in [5.74, 6) is 2.60. The van der Waals surface area contributed by atoms with Gasteiger partial charge in [-0.1, -0.05) is 0 Å². The molecule has 0 spiro atoms. The fraction of sp³-hybridized carbons (Fsp3) is 0.389. The van der Waals surface area contributed by atoms with Crippen LogP contribution >= 0.6 is 11.3 Å². The van der Waals surface area contributed by atoms with E-state index >= 15 is 0 Å². The molecule has 1 saturated heterocycles. The molecule has 2 aliphatic rings. The number of aromatic nitrogens is 3. The molecule has 0 radical (unpaired) electrons. The molecule has 1 unspecified atom stereocenters. The van der Waals surface area contributed by atoms with E-state index in [1.54, 1.807) is 11.3 Å². The van der Waals surface area contributed by atoms with Gasteiger partial charge in [0.1, 0.15) is 11.6 Å². The van der Waals surface area contributed by atoms with Gasteiger partial charge in [0.15, 0.2) is 5.82 Å². The Morgan fingerprint density at radius 2 is 2.04 bits per heavy atom. The van der Waals surface area contributed by atoms with Gasteiger partial charge in [-0.2, -0.15) is 0 Å². The zero-order valence-electron chi connectivity index (χ0n) is 13.8. The fourth-order valence-electron chi connectivity index (χ4n) is 3.15. The largest absolute Gasteiger partial charge is 0.367 e. The first-order valence-corrected chi connectivity index (χ1v) is 9.68. The van der Waals surface area contributed by atoms with Crippen LogP contribution in [0.3, 0.4) is 0 Å². The number of nitrogens with one attached hydrogen (secondary N) is 3. The van der Waals surface area contributed by atoms with E-state index in [-0.39, 0.29) is 0 Å². The van der Waals surface area contributed by atoms with Crippen molar-refractivity contribution < 1.29 is 0 Å². The van der Waals surface area contributed by atoms with Gasteiger partial charge in [0.05, 0.1) is 10.2 Å². The van der Waals surface area contributed by atoms with Crippen LogP contribution in [0.15, 0.2) is 29.8 Å². The molecule has 1 aliphatic carbocycles. The third-order valence-corrected chi connectivity index (χ3v) is 5.56. The monoisotopic (exact) mass is 352 g/mol. The highest BCUT2D eigenvalue weighted by atomic mass is 32.1. The third kappa shape index (κ3) is 3.17. The molecular formula is C18H20N6S. The molecule has 0 bridgehead atoms. The molecule has 3 N–H and O–H groups in total. The highest BCUT2D eigenvalue weighted by Gasteiger charge is 2.22. The first kappa shape index (κ1) is 15.0. The summed E-state index contributed by atoms with van der Waals surface area (Å²) in [4.78, 5) is 14.0. The van der Waals surface area contributed by atoms with Gasteiger partial charge in [0.25, 0.3) is 0 Å². The maximum absolute atomic E-state index is 4.85. The summed E-state index contributed by atoms with van der Waals surface area (Å²) in [6, 6.07) is 7.10. The normalized spacial score (nSPS) is 20.1. The molecule has 0 amide bonds. The summed E-state index contributed by atoms with van der Waals surface area (Å²) in [6.07, 6.45) is 5.41. The van der Waals surface area contributed by atoms with E-state index in [2.05, 4.69) is 32.4 Å². The number of thiophene rings is 1. The Morgan fingerprint density at radius 3 is 2.88 bits per heavy atom. The van der Waals surface area contributed by atoms with Crippen LogP contribution in [0.2, 0.25) is 0 Å². The molecular weight excluding hydrogens is 332 g/mol. The minimum atomic E-state index is 0.428. The maximum atomic E-state index is 4.85. The van der Waals surface area contributed by atoms with Gasteiger partial charge < -0.3 is 16.0 Å². The van der Waals surface area contributed by atoms with Crippen LogP contribution in [0.1, 0.15) is 19.3 Å². The lowest BCUT2D eigenvalue weighted by molar-refractivity contribution is 0.789. The molecule has 128 valence electrons. The van der Waals surface area contributed by atoms with Crippen molar-refractivity contribution in [1.82, 2.24) is 20.3 Å². The van der Waals surface area contributed by atoms with Crippen molar-refractivity contribution in [2.45, 2.75) is 31.3 Å². The van der Waals surface area contributed by atoms with Gasteiger partial charge in [0.2, 0.25) is 0 Å². The molecule has 6 nitrogen and oxygen atoms in total. The van der Waals surface area contributed by atoms with Gasteiger partial charge in [0, 0.05) is 30.4 Å². The average Bonchev–Trinajstić information content (AvgIpc) is 3.10. The highest BCUT2D eigenvalue weighted by Crippen LogP contribution is 2.31. The minimum Gasteiger partial charge on any atom is -0.367 e. The summed E-state index contributed by atoms with van der Waals surface area (Å²) < 4.78 is 1.13. The van der Waals surface area contributed by atoms with Crippen molar-refractivity contribution in [3.05, 3.63) is 29.8 Å². The zero-order valence-corrected chi connectivity index (χ0v) is 14.6. The second-order valence-corrected chi connectivity index (χ2v) is 7.63. The van der Waals surface area contributed by atoms with Crippen LogP contribution in [-0.2, 0) is 0 Å². The number of pyridine rings is 1. The van der Waals surface area contributed by atoms with E-state index in [1.165, 1.54) is 12.8 Å². The Bertz CT molecular complexity index is 897. The lowest BCUT2D eigenvalue weighted by Gasteiger charge is -2.14. The molecule has 3 aromatic heterocycles. The molecule has 4 heterocycles. The topological polar surface area (TPSA) is 74.8 Å². The van der Waals surface area contributed by atoms with Crippen molar-refractivity contribution in [2.75, 3.05) is 23.7 Å². The van der Waals surface area contributed by atoms with Gasteiger partial charge >= 0.3 is 0 Å². The average molecular weight is 352 g/mol. The summed E-state index contributed by atoms with van der Waals surface area (Å²) in [6.45, 7) is 2.04. The molecule has 2 fully saturated rings. The van der Waals surface area contributed by atoms with Crippen LogP contribution in [0, 0.1) is 0 Å². The second kappa shape index (κ2) is 6.24. The predicted octanol–water partition coefficient (Wildman–Crippen LogP) is 3.10. The third-order valence-electron chi connectivity index (χ3n) is 4.65.